The number of rotatable bonds is 3. The lowest BCUT2D eigenvalue weighted by atomic mass is 9.80. The predicted molar refractivity (Wildman–Crippen MR) is 73.4 cm³/mol. The smallest absolute Gasteiger partial charge is 0.0483 e. The van der Waals surface area contributed by atoms with Crippen LogP contribution in [-0.2, 0) is 6.54 Å². The lowest BCUT2D eigenvalue weighted by molar-refractivity contribution is 0.420. The minimum Gasteiger partial charge on any atom is -0.347 e. The van der Waals surface area contributed by atoms with E-state index < -0.39 is 0 Å². The van der Waals surface area contributed by atoms with Gasteiger partial charge in [0.15, 0.2) is 0 Å². The second kappa shape index (κ2) is 4.21. The highest BCUT2D eigenvalue weighted by molar-refractivity contribution is 5.81. The molecule has 3 rings (SSSR count). The zero-order valence-corrected chi connectivity index (χ0v) is 10.8. The van der Waals surface area contributed by atoms with Crippen LogP contribution in [0.3, 0.4) is 0 Å². The van der Waals surface area contributed by atoms with E-state index in [4.69, 9.17) is 0 Å². The van der Waals surface area contributed by atoms with Crippen molar-refractivity contribution in [1.29, 1.82) is 0 Å². The first kappa shape index (κ1) is 10.9. The Morgan fingerprint density at radius 3 is 2.71 bits per heavy atom. The molecule has 1 aliphatic carbocycles. The van der Waals surface area contributed by atoms with Crippen molar-refractivity contribution in [2.45, 2.75) is 45.6 Å². The molecule has 1 aliphatic rings. The molecule has 1 saturated carbocycles. The van der Waals surface area contributed by atoms with Gasteiger partial charge in [-0.1, -0.05) is 32.4 Å². The minimum atomic E-state index is 0.706. The number of fused-ring (bicyclic) bond motifs is 1. The topological polar surface area (TPSA) is 4.93 Å². The third-order valence-corrected chi connectivity index (χ3v) is 3.94. The Morgan fingerprint density at radius 1 is 1.24 bits per heavy atom. The molecule has 1 aromatic carbocycles. The van der Waals surface area contributed by atoms with Gasteiger partial charge in [-0.3, -0.25) is 0 Å². The molecule has 0 unspecified atom stereocenters. The highest BCUT2D eigenvalue weighted by atomic mass is 15.0. The van der Waals surface area contributed by atoms with Crippen LogP contribution in [-0.4, -0.2) is 4.57 Å². The molecular weight excluding hydrogens is 206 g/mol. The molecule has 1 heterocycles. The van der Waals surface area contributed by atoms with E-state index in [1.165, 1.54) is 30.2 Å². The van der Waals surface area contributed by atoms with E-state index in [2.05, 4.69) is 48.9 Å². The van der Waals surface area contributed by atoms with Gasteiger partial charge in [-0.25, -0.2) is 0 Å². The number of aromatic nitrogens is 1. The minimum absolute atomic E-state index is 0.706. The van der Waals surface area contributed by atoms with Crippen molar-refractivity contribution in [2.75, 3.05) is 0 Å². The summed E-state index contributed by atoms with van der Waals surface area (Å²) in [5.74, 6) is 1.54. The summed E-state index contributed by atoms with van der Waals surface area (Å²) in [6.07, 6.45) is 6.41. The van der Waals surface area contributed by atoms with E-state index in [0.29, 0.717) is 5.92 Å². The van der Waals surface area contributed by atoms with Crippen LogP contribution in [0.25, 0.3) is 10.9 Å². The van der Waals surface area contributed by atoms with Crippen molar-refractivity contribution in [3.8, 4) is 0 Å². The van der Waals surface area contributed by atoms with Gasteiger partial charge < -0.3 is 4.57 Å². The highest BCUT2D eigenvalue weighted by Crippen LogP contribution is 2.37. The van der Waals surface area contributed by atoms with Gasteiger partial charge in [0.1, 0.15) is 0 Å². The van der Waals surface area contributed by atoms with Gasteiger partial charge in [0, 0.05) is 18.3 Å². The summed E-state index contributed by atoms with van der Waals surface area (Å²) in [7, 11) is 0. The van der Waals surface area contributed by atoms with E-state index in [1.54, 1.807) is 5.56 Å². The number of nitrogens with zero attached hydrogens (tertiary/aromatic N) is 1. The van der Waals surface area contributed by atoms with E-state index in [0.717, 1.165) is 12.5 Å². The molecule has 0 bridgehead atoms. The monoisotopic (exact) mass is 227 g/mol. The van der Waals surface area contributed by atoms with Crippen LogP contribution in [0.2, 0.25) is 0 Å². The molecule has 90 valence electrons. The Hall–Kier alpha value is -1.24. The lowest BCUT2D eigenvalue weighted by Crippen LogP contribution is -2.09. The lowest BCUT2D eigenvalue weighted by Gasteiger charge is -2.26. The van der Waals surface area contributed by atoms with Gasteiger partial charge in [-0.2, -0.15) is 0 Å². The largest absolute Gasteiger partial charge is 0.347 e. The molecule has 0 atom stereocenters. The molecule has 1 aromatic heterocycles. The van der Waals surface area contributed by atoms with Crippen molar-refractivity contribution in [2.24, 2.45) is 5.92 Å². The second-order valence-electron chi connectivity index (χ2n) is 5.81. The fraction of sp³-hybridized carbons (Fsp3) is 0.500. The number of hydrogen-bond acceptors (Lipinski definition) is 0. The maximum absolute atomic E-state index is 2.42. The Bertz CT molecular complexity index is 517. The van der Waals surface area contributed by atoms with Gasteiger partial charge in [0.25, 0.3) is 0 Å². The average Bonchev–Trinajstić information content (AvgIpc) is 2.58. The summed E-state index contributed by atoms with van der Waals surface area (Å²) in [4.78, 5) is 0. The normalized spacial score (nSPS) is 16.6. The van der Waals surface area contributed by atoms with Gasteiger partial charge in [-0.15, -0.1) is 0 Å². The fourth-order valence-corrected chi connectivity index (χ4v) is 2.75. The van der Waals surface area contributed by atoms with E-state index in [-0.39, 0.29) is 0 Å². The number of benzene rings is 1. The van der Waals surface area contributed by atoms with Crippen molar-refractivity contribution in [1.82, 2.24) is 4.57 Å². The molecule has 0 amide bonds. The van der Waals surface area contributed by atoms with Gasteiger partial charge in [0.2, 0.25) is 0 Å². The maximum Gasteiger partial charge on any atom is 0.0483 e. The quantitative estimate of drug-likeness (QED) is 0.724. The predicted octanol–water partition coefficient (Wildman–Crippen LogP) is 4.56. The standard InChI is InChI=1S/C16H21N/c1-12(2)11-17-9-8-14-6-7-15(10-16(14)17)13-4-3-5-13/h6-10,12-13H,3-5,11H2,1-2H3. The molecule has 0 spiro atoms. The fourth-order valence-electron chi connectivity index (χ4n) is 2.75. The van der Waals surface area contributed by atoms with Crippen LogP contribution in [0.1, 0.15) is 44.6 Å². The summed E-state index contributed by atoms with van der Waals surface area (Å²) >= 11 is 0. The van der Waals surface area contributed by atoms with Crippen LogP contribution in [0.4, 0.5) is 0 Å². The first-order valence-electron chi connectivity index (χ1n) is 6.83. The summed E-state index contributed by atoms with van der Waals surface area (Å²) in [5.41, 5.74) is 2.97. The molecule has 2 aromatic rings. The molecular formula is C16H21N. The molecule has 1 heteroatoms. The molecule has 0 saturated heterocycles. The first-order valence-corrected chi connectivity index (χ1v) is 6.83. The number of hydrogen-bond donors (Lipinski definition) is 0. The third kappa shape index (κ3) is 1.99. The van der Waals surface area contributed by atoms with E-state index in [9.17, 15) is 0 Å². The summed E-state index contributed by atoms with van der Waals surface area (Å²) in [6.45, 7) is 5.68. The van der Waals surface area contributed by atoms with Gasteiger partial charge >= 0.3 is 0 Å². The van der Waals surface area contributed by atoms with E-state index in [1.807, 2.05) is 0 Å². The SMILES string of the molecule is CC(C)Cn1ccc2ccc(C3CCC3)cc21. The molecule has 17 heavy (non-hydrogen) atoms. The van der Waals surface area contributed by atoms with Crippen LogP contribution in [0.5, 0.6) is 0 Å². The Balaban J connectivity index is 1.99. The van der Waals surface area contributed by atoms with Crippen molar-refractivity contribution >= 4 is 10.9 Å². The maximum atomic E-state index is 2.42. The second-order valence-corrected chi connectivity index (χ2v) is 5.81. The summed E-state index contributed by atoms with van der Waals surface area (Å²) < 4.78 is 2.40. The van der Waals surface area contributed by atoms with Crippen LogP contribution >= 0.6 is 0 Å². The molecule has 1 fully saturated rings. The van der Waals surface area contributed by atoms with Crippen LogP contribution in [0.15, 0.2) is 30.5 Å². The van der Waals surface area contributed by atoms with Gasteiger partial charge in [0.05, 0.1) is 0 Å². The van der Waals surface area contributed by atoms with Gasteiger partial charge in [-0.05, 0) is 47.8 Å². The van der Waals surface area contributed by atoms with Crippen molar-refractivity contribution in [3.63, 3.8) is 0 Å². The zero-order chi connectivity index (χ0) is 11.8. The van der Waals surface area contributed by atoms with Crippen LogP contribution in [0, 0.1) is 5.92 Å². The van der Waals surface area contributed by atoms with Crippen LogP contribution < -0.4 is 0 Å². The molecule has 0 radical (unpaired) electrons. The van der Waals surface area contributed by atoms with Crippen molar-refractivity contribution in [3.05, 3.63) is 36.0 Å². The zero-order valence-electron chi connectivity index (χ0n) is 10.8. The Labute approximate surface area is 103 Å². The Morgan fingerprint density at radius 2 is 2.06 bits per heavy atom. The summed E-state index contributed by atoms with van der Waals surface area (Å²) in [6, 6.07) is 9.27. The first-order chi connectivity index (χ1) is 8.24. The third-order valence-electron chi connectivity index (χ3n) is 3.94. The van der Waals surface area contributed by atoms with Crippen molar-refractivity contribution < 1.29 is 0 Å². The van der Waals surface area contributed by atoms with E-state index >= 15 is 0 Å². The average molecular weight is 227 g/mol. The molecule has 0 aliphatic heterocycles. The Kier molecular flexibility index (Phi) is 2.70. The highest BCUT2D eigenvalue weighted by Gasteiger charge is 2.19. The molecule has 1 nitrogen and oxygen atoms in total. The summed E-state index contributed by atoms with van der Waals surface area (Å²) in [5, 5.41) is 1.38. The molecule has 0 N–H and O–H groups in total.